The van der Waals surface area contributed by atoms with Crippen LogP contribution in [-0.2, 0) is 27.9 Å². The molecule has 13 heteroatoms. The molecule has 2 aromatic heterocycles. The molecule has 0 saturated carbocycles. The minimum absolute atomic E-state index is 0.0732. The first kappa shape index (κ1) is 29.0. The molecule has 3 aliphatic heterocycles. The summed E-state index contributed by atoms with van der Waals surface area (Å²) in [6.45, 7) is 5.76. The fourth-order valence-electron chi connectivity index (χ4n) is 6.92. The van der Waals surface area contributed by atoms with Crippen LogP contribution in [0, 0.1) is 0 Å². The molecule has 0 bridgehead atoms. The Kier molecular flexibility index (Phi) is 7.11. The molecule has 2 fully saturated rings. The molecule has 5 heterocycles. The molecule has 0 radical (unpaired) electrons. The number of imide groups is 1. The predicted molar refractivity (Wildman–Crippen MR) is 173 cm³/mol. The predicted octanol–water partition coefficient (Wildman–Crippen LogP) is 3.90. The molecule has 7 rings (SSSR count). The van der Waals surface area contributed by atoms with Gasteiger partial charge in [0.15, 0.2) is 5.82 Å². The fourth-order valence-corrected chi connectivity index (χ4v) is 7.06. The van der Waals surface area contributed by atoms with E-state index in [0.29, 0.717) is 54.8 Å². The number of nitrogens with one attached hydrogen (secondary N) is 2. The lowest BCUT2D eigenvalue weighted by atomic mass is 9.92. The van der Waals surface area contributed by atoms with Crippen molar-refractivity contribution >= 4 is 69.1 Å². The van der Waals surface area contributed by atoms with E-state index in [1.807, 2.05) is 36.0 Å². The van der Waals surface area contributed by atoms with E-state index in [0.717, 1.165) is 33.5 Å². The summed E-state index contributed by atoms with van der Waals surface area (Å²) in [7, 11) is 3.67. The number of piperidine rings is 1. The highest BCUT2D eigenvalue weighted by Gasteiger charge is 2.34. The molecule has 2 saturated heterocycles. The number of hydrogen-bond donors (Lipinski definition) is 2. The van der Waals surface area contributed by atoms with Crippen LogP contribution in [-0.4, -0.2) is 69.7 Å². The Labute approximate surface area is 265 Å². The van der Waals surface area contributed by atoms with Gasteiger partial charge in [0.25, 0.3) is 0 Å². The van der Waals surface area contributed by atoms with E-state index in [1.54, 1.807) is 18.1 Å². The molecule has 3 aliphatic rings. The Morgan fingerprint density at radius 3 is 2.56 bits per heavy atom. The molecule has 4 aromatic rings. The third-order valence-corrected chi connectivity index (χ3v) is 9.36. The molecular weight excluding hydrogens is 594 g/mol. The second-order valence-electron chi connectivity index (χ2n) is 12.2. The van der Waals surface area contributed by atoms with E-state index < -0.39 is 5.92 Å². The Balaban J connectivity index is 1.10. The highest BCUT2D eigenvalue weighted by molar-refractivity contribution is 6.33. The molecule has 45 heavy (non-hydrogen) atoms. The Hall–Kier alpha value is -4.71. The summed E-state index contributed by atoms with van der Waals surface area (Å²) < 4.78 is 1.82. The van der Waals surface area contributed by atoms with Gasteiger partial charge in [0.1, 0.15) is 5.02 Å². The maximum Gasteiger partial charge on any atom is 0.235 e. The van der Waals surface area contributed by atoms with Crippen LogP contribution < -0.4 is 25.3 Å². The third-order valence-electron chi connectivity index (χ3n) is 9.08. The van der Waals surface area contributed by atoms with Crippen molar-refractivity contribution in [2.24, 2.45) is 7.05 Å². The number of anilines is 5. The number of halogens is 1. The standard InChI is InChI=1S/C32H34ClN9O3/c1-17-15-41(32-34-14-24(33)30(37-32)35-20-5-9-25-19(11-20)12-28(44)39(25)3)16-18(2)42(17)21-6-7-22-26(13-21)40(4)38-29(22)23-8-10-27(43)36-31(23)45/h5-7,9,11,13-14,17-18,23H,8,10,12,15-16H2,1-4H3,(H,34,35,37)(H,36,43,45)/t17-,18+,23?. The minimum Gasteiger partial charge on any atom is -0.362 e. The number of piperazine rings is 1. The van der Waals surface area contributed by atoms with Crippen molar-refractivity contribution in [2.75, 3.05) is 40.2 Å². The molecule has 0 aliphatic carbocycles. The first-order chi connectivity index (χ1) is 21.6. The molecule has 232 valence electrons. The Morgan fingerprint density at radius 1 is 1.02 bits per heavy atom. The highest BCUT2D eigenvalue weighted by Crippen LogP contribution is 2.36. The van der Waals surface area contributed by atoms with Gasteiger partial charge < -0.3 is 20.0 Å². The van der Waals surface area contributed by atoms with Crippen LogP contribution >= 0.6 is 11.6 Å². The number of aryl methyl sites for hydroxylation is 1. The number of amides is 3. The second-order valence-corrected chi connectivity index (χ2v) is 12.6. The van der Waals surface area contributed by atoms with E-state index in [-0.39, 0.29) is 29.8 Å². The number of hydrogen-bond acceptors (Lipinski definition) is 9. The molecule has 0 spiro atoms. The van der Waals surface area contributed by atoms with Gasteiger partial charge in [-0.3, -0.25) is 24.4 Å². The van der Waals surface area contributed by atoms with Crippen LogP contribution in [0.5, 0.6) is 0 Å². The number of aromatic nitrogens is 4. The lowest BCUT2D eigenvalue weighted by Gasteiger charge is -2.46. The molecule has 3 amide bonds. The molecular formula is C32H34ClN9O3. The summed E-state index contributed by atoms with van der Waals surface area (Å²) in [6.07, 6.45) is 2.77. The first-order valence-corrected chi connectivity index (χ1v) is 15.5. The number of rotatable bonds is 5. The lowest BCUT2D eigenvalue weighted by molar-refractivity contribution is -0.134. The van der Waals surface area contributed by atoms with Gasteiger partial charge in [-0.15, -0.1) is 0 Å². The zero-order valence-corrected chi connectivity index (χ0v) is 26.3. The average molecular weight is 628 g/mol. The van der Waals surface area contributed by atoms with Gasteiger partial charge in [-0.1, -0.05) is 11.6 Å². The number of carbonyl (C=O) groups excluding carboxylic acids is 3. The summed E-state index contributed by atoms with van der Waals surface area (Å²) in [5.41, 5.74) is 5.40. The molecule has 3 atom stereocenters. The summed E-state index contributed by atoms with van der Waals surface area (Å²) >= 11 is 6.51. The van der Waals surface area contributed by atoms with E-state index >= 15 is 0 Å². The minimum atomic E-state index is -0.439. The maximum absolute atomic E-state index is 12.6. The van der Waals surface area contributed by atoms with Gasteiger partial charge in [-0.2, -0.15) is 10.1 Å². The number of nitrogens with zero attached hydrogens (tertiary/aromatic N) is 7. The van der Waals surface area contributed by atoms with Crippen molar-refractivity contribution in [1.82, 2.24) is 25.1 Å². The quantitative estimate of drug-likeness (QED) is 0.317. The zero-order chi connectivity index (χ0) is 31.6. The molecule has 12 nitrogen and oxygen atoms in total. The normalized spacial score (nSPS) is 21.8. The lowest BCUT2D eigenvalue weighted by Crippen LogP contribution is -2.57. The number of carbonyl (C=O) groups is 3. The first-order valence-electron chi connectivity index (χ1n) is 15.1. The van der Waals surface area contributed by atoms with Crippen molar-refractivity contribution in [2.45, 2.75) is 51.1 Å². The van der Waals surface area contributed by atoms with Gasteiger partial charge >= 0.3 is 0 Å². The number of fused-ring (bicyclic) bond motifs is 2. The van der Waals surface area contributed by atoms with Crippen molar-refractivity contribution in [3.05, 3.63) is 58.9 Å². The zero-order valence-electron chi connectivity index (χ0n) is 25.5. The monoisotopic (exact) mass is 627 g/mol. The van der Waals surface area contributed by atoms with E-state index in [4.69, 9.17) is 21.7 Å². The van der Waals surface area contributed by atoms with Crippen LogP contribution in [0.3, 0.4) is 0 Å². The van der Waals surface area contributed by atoms with Crippen molar-refractivity contribution in [3.63, 3.8) is 0 Å². The van der Waals surface area contributed by atoms with Crippen LogP contribution in [0.2, 0.25) is 5.02 Å². The van der Waals surface area contributed by atoms with E-state index in [2.05, 4.69) is 51.4 Å². The van der Waals surface area contributed by atoms with Crippen LogP contribution in [0.4, 0.5) is 28.8 Å². The Morgan fingerprint density at radius 2 is 1.80 bits per heavy atom. The van der Waals surface area contributed by atoms with Crippen molar-refractivity contribution < 1.29 is 14.4 Å². The number of likely N-dealkylation sites (N-methyl/N-ethyl adjacent to an activating group) is 1. The summed E-state index contributed by atoms with van der Waals surface area (Å²) in [6, 6.07) is 12.3. The fraction of sp³-hybridized carbons (Fsp3) is 0.375. The van der Waals surface area contributed by atoms with E-state index in [1.165, 1.54) is 0 Å². The topological polar surface area (TPSA) is 129 Å². The summed E-state index contributed by atoms with van der Waals surface area (Å²) in [4.78, 5) is 52.0. The number of benzene rings is 2. The van der Waals surface area contributed by atoms with Crippen LogP contribution in [0.15, 0.2) is 42.6 Å². The van der Waals surface area contributed by atoms with Gasteiger partial charge in [-0.25, -0.2) is 4.98 Å². The van der Waals surface area contributed by atoms with Gasteiger partial charge in [0.2, 0.25) is 23.7 Å². The summed E-state index contributed by atoms with van der Waals surface area (Å²) in [5, 5.41) is 11.8. The van der Waals surface area contributed by atoms with Gasteiger partial charge in [0.05, 0.1) is 29.7 Å². The van der Waals surface area contributed by atoms with Crippen molar-refractivity contribution in [1.29, 1.82) is 0 Å². The second kappa shape index (κ2) is 11.0. The molecule has 2 N–H and O–H groups in total. The van der Waals surface area contributed by atoms with Crippen LogP contribution in [0.1, 0.15) is 43.9 Å². The molecule has 2 aromatic carbocycles. The third kappa shape index (κ3) is 5.12. The van der Waals surface area contributed by atoms with Gasteiger partial charge in [0, 0.05) is 68.1 Å². The van der Waals surface area contributed by atoms with Crippen LogP contribution in [0.25, 0.3) is 10.9 Å². The largest absolute Gasteiger partial charge is 0.362 e. The SMILES string of the molecule is C[C@@H]1CN(c2ncc(Cl)c(Nc3ccc4c(c3)CC(=O)N4C)n2)C[C@H](C)N1c1ccc2c(C3CCC(=O)NC3=O)nn(C)c2c1. The molecule has 1 unspecified atom stereocenters. The Bertz CT molecular complexity index is 1860. The summed E-state index contributed by atoms with van der Waals surface area (Å²) in [5.74, 6) is 0.217. The van der Waals surface area contributed by atoms with Gasteiger partial charge in [-0.05, 0) is 62.2 Å². The highest BCUT2D eigenvalue weighted by atomic mass is 35.5. The average Bonchev–Trinajstić information content (AvgIpc) is 3.47. The maximum atomic E-state index is 12.6. The van der Waals surface area contributed by atoms with E-state index in [9.17, 15) is 14.4 Å². The van der Waals surface area contributed by atoms with Crippen molar-refractivity contribution in [3.8, 4) is 0 Å². The smallest absolute Gasteiger partial charge is 0.235 e.